The minimum Gasteiger partial charge on any atom is -0.388 e. The van der Waals surface area contributed by atoms with Gasteiger partial charge < -0.3 is 56.4 Å². The highest BCUT2D eigenvalue weighted by Gasteiger charge is 2.97. The SMILES string of the molecule is CCNCCC(O)c1cccc(SCC23CC2(O)C(O)(O)C(O)(O)C(O)(O)C3(O)O)c1. The van der Waals surface area contributed by atoms with Crippen molar-refractivity contribution in [3.63, 3.8) is 0 Å². The first-order chi connectivity index (χ1) is 14.1. The van der Waals surface area contributed by atoms with E-state index in [1.54, 1.807) is 24.3 Å². The number of rotatable bonds is 8. The maximum Gasteiger partial charge on any atom is 0.283 e. The molecule has 0 spiro atoms. The summed E-state index contributed by atoms with van der Waals surface area (Å²) in [5, 5.41) is 105. The fourth-order valence-electron chi connectivity index (χ4n) is 4.24. The monoisotopic (exact) mass is 463 g/mol. The summed E-state index contributed by atoms with van der Waals surface area (Å²) in [5.41, 5.74) is -4.61. The van der Waals surface area contributed by atoms with Gasteiger partial charge in [0.05, 0.1) is 11.5 Å². The van der Waals surface area contributed by atoms with E-state index in [1.807, 2.05) is 6.92 Å². The highest BCUT2D eigenvalue weighted by molar-refractivity contribution is 7.99. The van der Waals surface area contributed by atoms with Crippen molar-refractivity contribution in [3.8, 4) is 0 Å². The van der Waals surface area contributed by atoms with E-state index in [0.29, 0.717) is 23.4 Å². The van der Waals surface area contributed by atoms with E-state index in [-0.39, 0.29) is 0 Å². The average Bonchev–Trinajstić information content (AvgIpc) is 3.34. The summed E-state index contributed by atoms with van der Waals surface area (Å²) >= 11 is 0.915. The molecular formula is C19H29NO10S. The van der Waals surface area contributed by atoms with Crippen molar-refractivity contribution < 1.29 is 51.1 Å². The minimum absolute atomic E-state index is 0.451. The Bertz CT molecular complexity index is 832. The molecule has 2 saturated carbocycles. The van der Waals surface area contributed by atoms with Gasteiger partial charge in [-0.2, -0.15) is 0 Å². The van der Waals surface area contributed by atoms with Gasteiger partial charge in [-0.3, -0.25) is 0 Å². The lowest BCUT2D eigenvalue weighted by atomic mass is 9.70. The molecule has 0 radical (unpaired) electrons. The highest BCUT2D eigenvalue weighted by Crippen LogP contribution is 2.74. The Morgan fingerprint density at radius 3 is 2.16 bits per heavy atom. The van der Waals surface area contributed by atoms with Crippen molar-refractivity contribution in [1.82, 2.24) is 5.32 Å². The van der Waals surface area contributed by atoms with Crippen LogP contribution < -0.4 is 5.32 Å². The quantitative estimate of drug-likeness (QED) is 0.104. The van der Waals surface area contributed by atoms with E-state index in [9.17, 15) is 51.1 Å². The molecule has 11 nitrogen and oxygen atoms in total. The Labute approximate surface area is 182 Å². The number of aliphatic hydroxyl groups is 10. The third-order valence-electron chi connectivity index (χ3n) is 6.50. The summed E-state index contributed by atoms with van der Waals surface area (Å²) in [5.74, 6) is -16.6. The zero-order chi connectivity index (χ0) is 23.5. The molecule has 3 rings (SSSR count). The molecule has 3 unspecified atom stereocenters. The van der Waals surface area contributed by atoms with Gasteiger partial charge in [0, 0.05) is 10.6 Å². The second kappa shape index (κ2) is 7.58. The molecule has 0 heterocycles. The van der Waals surface area contributed by atoms with Gasteiger partial charge in [0.15, 0.2) is 0 Å². The molecule has 11 N–H and O–H groups in total. The van der Waals surface area contributed by atoms with E-state index in [2.05, 4.69) is 5.32 Å². The smallest absolute Gasteiger partial charge is 0.283 e. The fourth-order valence-corrected chi connectivity index (χ4v) is 5.59. The summed E-state index contributed by atoms with van der Waals surface area (Å²) in [6.45, 7) is 3.29. The number of thioether (sulfide) groups is 1. The van der Waals surface area contributed by atoms with E-state index >= 15 is 0 Å². The number of nitrogens with one attached hydrogen (secondary N) is 1. The van der Waals surface area contributed by atoms with Crippen LogP contribution in [0.25, 0.3) is 0 Å². The van der Waals surface area contributed by atoms with Crippen molar-refractivity contribution >= 4 is 11.8 Å². The van der Waals surface area contributed by atoms with E-state index in [0.717, 1.165) is 18.3 Å². The largest absolute Gasteiger partial charge is 0.388 e. The molecule has 2 aliphatic rings. The summed E-state index contributed by atoms with van der Waals surface area (Å²) in [4.78, 5) is 0.507. The fraction of sp³-hybridized carbons (Fsp3) is 0.684. The molecule has 1 aromatic rings. The summed E-state index contributed by atoms with van der Waals surface area (Å²) in [6.07, 6.45) is -1.09. The number of hydrogen-bond acceptors (Lipinski definition) is 12. The summed E-state index contributed by atoms with van der Waals surface area (Å²) in [6, 6.07) is 6.59. The van der Waals surface area contributed by atoms with Gasteiger partial charge in [-0.25, -0.2) is 0 Å². The van der Waals surface area contributed by atoms with Crippen LogP contribution in [0.2, 0.25) is 0 Å². The van der Waals surface area contributed by atoms with Gasteiger partial charge in [0.25, 0.3) is 17.4 Å². The molecule has 12 heteroatoms. The van der Waals surface area contributed by atoms with Crippen LogP contribution in [0.5, 0.6) is 0 Å². The molecule has 2 aliphatic carbocycles. The van der Waals surface area contributed by atoms with Crippen LogP contribution in [-0.2, 0) is 0 Å². The molecule has 1 aromatic carbocycles. The first-order valence-corrected chi connectivity index (χ1v) is 10.7. The van der Waals surface area contributed by atoms with Crippen LogP contribution in [0.4, 0.5) is 0 Å². The van der Waals surface area contributed by atoms with Gasteiger partial charge in [-0.05, 0) is 43.6 Å². The molecule has 0 saturated heterocycles. The Morgan fingerprint density at radius 2 is 1.55 bits per heavy atom. The van der Waals surface area contributed by atoms with Crippen LogP contribution in [0.1, 0.15) is 31.4 Å². The predicted octanol–water partition coefficient (Wildman–Crippen LogP) is -3.33. The maximum absolute atomic E-state index is 10.6. The lowest BCUT2D eigenvalue weighted by Crippen LogP contribution is -2.86. The maximum atomic E-state index is 10.6. The van der Waals surface area contributed by atoms with Gasteiger partial charge >= 0.3 is 0 Å². The van der Waals surface area contributed by atoms with Gasteiger partial charge in [0.2, 0.25) is 5.79 Å². The molecule has 0 amide bonds. The van der Waals surface area contributed by atoms with Gasteiger partial charge in [-0.1, -0.05) is 19.1 Å². The molecular weight excluding hydrogens is 434 g/mol. The van der Waals surface area contributed by atoms with Crippen LogP contribution in [0, 0.1) is 5.41 Å². The highest BCUT2D eigenvalue weighted by atomic mass is 32.2. The van der Waals surface area contributed by atoms with E-state index < -0.39 is 52.4 Å². The Morgan fingerprint density at radius 1 is 0.935 bits per heavy atom. The van der Waals surface area contributed by atoms with Crippen molar-refractivity contribution in [2.45, 2.75) is 59.5 Å². The third-order valence-corrected chi connectivity index (χ3v) is 7.72. The second-order valence-electron chi connectivity index (χ2n) is 8.33. The number of benzene rings is 1. The third kappa shape index (κ3) is 3.18. The molecule has 0 aromatic heterocycles. The Hall–Kier alpha value is -0.870. The average molecular weight is 464 g/mol. The minimum atomic E-state index is -4.28. The first-order valence-electron chi connectivity index (χ1n) is 9.76. The number of hydrogen-bond donors (Lipinski definition) is 11. The number of aliphatic hydroxyl groups excluding tert-OH is 1. The van der Waals surface area contributed by atoms with E-state index in [4.69, 9.17) is 0 Å². The van der Waals surface area contributed by atoms with Crippen molar-refractivity contribution in [1.29, 1.82) is 0 Å². The molecule has 0 aliphatic heterocycles. The van der Waals surface area contributed by atoms with Crippen molar-refractivity contribution in [2.75, 3.05) is 18.8 Å². The zero-order valence-electron chi connectivity index (χ0n) is 16.8. The van der Waals surface area contributed by atoms with E-state index in [1.165, 1.54) is 0 Å². The number of fused-ring (bicyclic) bond motifs is 1. The summed E-state index contributed by atoms with van der Waals surface area (Å²) in [7, 11) is 0. The molecule has 176 valence electrons. The van der Waals surface area contributed by atoms with Crippen LogP contribution in [0.15, 0.2) is 29.2 Å². The molecule has 2 fully saturated rings. The Balaban J connectivity index is 1.83. The van der Waals surface area contributed by atoms with Gasteiger partial charge in [-0.15, -0.1) is 11.8 Å². The van der Waals surface area contributed by atoms with Crippen molar-refractivity contribution in [2.24, 2.45) is 5.41 Å². The van der Waals surface area contributed by atoms with Crippen LogP contribution in [0.3, 0.4) is 0 Å². The predicted molar refractivity (Wildman–Crippen MR) is 106 cm³/mol. The van der Waals surface area contributed by atoms with Crippen LogP contribution in [-0.4, -0.2) is 98.7 Å². The first kappa shape index (κ1) is 24.8. The molecule has 0 bridgehead atoms. The normalized spacial score (nSPS) is 32.9. The zero-order valence-corrected chi connectivity index (χ0v) is 17.6. The lowest BCUT2D eigenvalue weighted by molar-refractivity contribution is -0.550. The molecule has 31 heavy (non-hydrogen) atoms. The molecule has 3 atom stereocenters. The lowest BCUT2D eigenvalue weighted by Gasteiger charge is -2.56. The topological polar surface area (TPSA) is 214 Å². The van der Waals surface area contributed by atoms with Crippen LogP contribution >= 0.6 is 11.8 Å². The Kier molecular flexibility index (Phi) is 6.06. The van der Waals surface area contributed by atoms with Crippen molar-refractivity contribution in [3.05, 3.63) is 29.8 Å². The standard InChI is InChI=1S/C19H29NO10S/c1-2-20-7-6-13(21)11-4-3-5-12(8-11)31-10-14-9-15(14,22)17(25,26)19(29,30)18(27,28)16(14,23)24/h3-5,8,13,20-30H,2,6-7,9-10H2,1H3. The van der Waals surface area contributed by atoms with Gasteiger partial charge in [0.1, 0.15) is 5.60 Å². The second-order valence-corrected chi connectivity index (χ2v) is 9.38. The summed E-state index contributed by atoms with van der Waals surface area (Å²) < 4.78 is 0.